The van der Waals surface area contributed by atoms with Gasteiger partial charge in [0.25, 0.3) is 0 Å². The summed E-state index contributed by atoms with van der Waals surface area (Å²) in [7, 11) is -11.4. The molecule has 10 heteroatoms. The van der Waals surface area contributed by atoms with E-state index in [9.17, 15) is 17.7 Å². The lowest BCUT2D eigenvalue weighted by Gasteiger charge is -2.51. The van der Waals surface area contributed by atoms with E-state index in [2.05, 4.69) is 4.52 Å². The van der Waals surface area contributed by atoms with Crippen LogP contribution in [-0.2, 0) is 9.09 Å². The van der Waals surface area contributed by atoms with Crippen LogP contribution in [0.1, 0.15) is 0 Å². The molecule has 0 aliphatic carbocycles. The van der Waals surface area contributed by atoms with Gasteiger partial charge >= 0.3 is 14.0 Å². The molecule has 110 valence electrons. The highest BCUT2D eigenvalue weighted by molar-refractivity contribution is 7.46. The molecule has 4 nitrogen and oxygen atoms in total. The number of phosphoric ester groups is 1. The van der Waals surface area contributed by atoms with Crippen LogP contribution in [0.4, 0.5) is 13.2 Å². The molecule has 0 spiro atoms. The Morgan fingerprint density at radius 3 is 1.28 bits per heavy atom. The van der Waals surface area contributed by atoms with Gasteiger partial charge in [-0.3, -0.25) is 4.52 Å². The summed E-state index contributed by atoms with van der Waals surface area (Å²) in [5.74, 6) is 0. The summed E-state index contributed by atoms with van der Waals surface area (Å²) in [6.07, 6.45) is -4.80. The van der Waals surface area contributed by atoms with Crippen LogP contribution in [-0.4, -0.2) is 37.0 Å². The zero-order valence-corrected chi connectivity index (χ0v) is 14.2. The highest BCUT2D eigenvalue weighted by Crippen LogP contribution is 2.55. The summed E-state index contributed by atoms with van der Waals surface area (Å²) in [5, 5.41) is 0. The Hall–Kier alpha value is 0.334. The van der Waals surface area contributed by atoms with Crippen molar-refractivity contribution in [3.63, 3.8) is 0 Å². The minimum absolute atomic E-state index is 1.41. The Morgan fingerprint density at radius 1 is 0.944 bits per heavy atom. The van der Waals surface area contributed by atoms with E-state index in [1.54, 1.807) is 0 Å². The van der Waals surface area contributed by atoms with E-state index in [-0.39, 0.29) is 0 Å². The lowest BCUT2D eigenvalue weighted by molar-refractivity contribution is -0.197. The van der Waals surface area contributed by atoms with Crippen LogP contribution in [0.2, 0.25) is 39.3 Å². The quantitative estimate of drug-likeness (QED) is 0.616. The van der Waals surface area contributed by atoms with Crippen molar-refractivity contribution < 1.29 is 32.0 Å². The molecule has 2 N–H and O–H groups in total. The average Bonchev–Trinajstić information content (AvgIpc) is 1.90. The molecule has 0 aromatic rings. The van der Waals surface area contributed by atoms with Crippen LogP contribution in [0.15, 0.2) is 0 Å². The lowest BCUT2D eigenvalue weighted by atomic mass is 10.7. The number of hydrogen-bond acceptors (Lipinski definition) is 2. The van der Waals surface area contributed by atoms with Gasteiger partial charge in [0, 0.05) is 0 Å². The number of halogens is 3. The molecule has 0 bridgehead atoms. The Kier molecular flexibility index (Phi) is 4.80. The Labute approximate surface area is 107 Å². The van der Waals surface area contributed by atoms with Gasteiger partial charge < -0.3 is 9.79 Å². The molecule has 0 rings (SSSR count). The van der Waals surface area contributed by atoms with Gasteiger partial charge in [-0.05, 0) is 0 Å². The summed E-state index contributed by atoms with van der Waals surface area (Å²) in [6, 6.07) is 0. The van der Waals surface area contributed by atoms with Crippen molar-refractivity contribution in [2.75, 3.05) is 0 Å². The first-order chi connectivity index (χ1) is 7.46. The maximum absolute atomic E-state index is 13.5. The molecular weight excluding hydrogens is 304 g/mol. The van der Waals surface area contributed by atoms with Crippen LogP contribution in [0.3, 0.4) is 0 Å². The SMILES string of the molecule is C[Si](C)(C)C(OP(=O)(O)O)(C(F)(F)F)[Si](C)(C)C. The van der Waals surface area contributed by atoms with Crippen molar-refractivity contribution >= 4 is 24.0 Å². The Balaban J connectivity index is 6.18. The monoisotopic (exact) mass is 324 g/mol. The molecule has 0 unspecified atom stereocenters. The summed E-state index contributed by atoms with van der Waals surface area (Å²) >= 11 is 0. The summed E-state index contributed by atoms with van der Waals surface area (Å²) in [6.45, 7) is 8.47. The molecule has 18 heavy (non-hydrogen) atoms. The number of alkyl halides is 3. The lowest BCUT2D eigenvalue weighted by Crippen LogP contribution is -2.74. The molecule has 0 saturated carbocycles. The maximum atomic E-state index is 13.5. The Morgan fingerprint density at radius 2 is 1.22 bits per heavy atom. The fourth-order valence-corrected chi connectivity index (χ4v) is 16.5. The smallest absolute Gasteiger partial charge is 0.303 e. The molecule has 0 aliphatic rings. The molecular formula is C8H20F3O4PSi2. The van der Waals surface area contributed by atoms with Gasteiger partial charge in [0.15, 0.2) is 4.85 Å². The zero-order chi connectivity index (χ0) is 15.2. The van der Waals surface area contributed by atoms with Gasteiger partial charge in [-0.15, -0.1) is 0 Å². The summed E-state index contributed by atoms with van der Waals surface area (Å²) in [5.41, 5.74) is 0. The van der Waals surface area contributed by atoms with E-state index >= 15 is 0 Å². The third-order valence-electron chi connectivity index (χ3n) is 2.77. The average molecular weight is 324 g/mol. The number of phosphoric acid groups is 1. The van der Waals surface area contributed by atoms with E-state index < -0.39 is 35.0 Å². The molecule has 0 aromatic carbocycles. The second-order valence-electron chi connectivity index (χ2n) is 6.26. The van der Waals surface area contributed by atoms with Crippen LogP contribution in [0.25, 0.3) is 0 Å². The first-order valence-electron chi connectivity index (χ1n) is 5.29. The normalized spacial score (nSPS) is 15.9. The molecule has 0 radical (unpaired) electrons. The Bertz CT molecular complexity index is 317. The minimum atomic E-state index is -5.23. The van der Waals surface area contributed by atoms with Crippen molar-refractivity contribution in [3.05, 3.63) is 0 Å². The van der Waals surface area contributed by atoms with E-state index in [4.69, 9.17) is 9.79 Å². The third kappa shape index (κ3) is 3.46. The first kappa shape index (κ1) is 18.3. The second kappa shape index (κ2) is 4.71. The fourth-order valence-electron chi connectivity index (χ4n) is 2.48. The minimum Gasteiger partial charge on any atom is -0.303 e. The van der Waals surface area contributed by atoms with Crippen LogP contribution in [0.5, 0.6) is 0 Å². The highest BCUT2D eigenvalue weighted by Gasteiger charge is 2.71. The largest absolute Gasteiger partial charge is 0.469 e. The van der Waals surface area contributed by atoms with Gasteiger partial charge in [0.1, 0.15) is 0 Å². The molecule has 0 fully saturated rings. The van der Waals surface area contributed by atoms with E-state index in [0.717, 1.165) is 0 Å². The predicted molar refractivity (Wildman–Crippen MR) is 68.6 cm³/mol. The second-order valence-corrected chi connectivity index (χ2v) is 18.3. The van der Waals surface area contributed by atoms with Crippen molar-refractivity contribution in [1.82, 2.24) is 0 Å². The first-order valence-corrected chi connectivity index (χ1v) is 13.8. The van der Waals surface area contributed by atoms with Crippen LogP contribution < -0.4 is 0 Å². The van der Waals surface area contributed by atoms with Gasteiger partial charge in [-0.25, -0.2) is 4.57 Å². The highest BCUT2D eigenvalue weighted by atomic mass is 31.2. The number of rotatable bonds is 4. The predicted octanol–water partition coefficient (Wildman–Crippen LogP) is 3.15. The van der Waals surface area contributed by atoms with E-state index in [1.165, 1.54) is 39.3 Å². The van der Waals surface area contributed by atoms with E-state index in [1.807, 2.05) is 0 Å². The van der Waals surface area contributed by atoms with Gasteiger partial charge in [-0.2, -0.15) is 13.2 Å². The third-order valence-corrected chi connectivity index (χ3v) is 13.1. The molecule has 0 amide bonds. The molecule has 0 aliphatic heterocycles. The van der Waals surface area contributed by atoms with Crippen molar-refractivity contribution in [2.45, 2.75) is 50.3 Å². The summed E-state index contributed by atoms with van der Waals surface area (Å²) < 4.78 is 55.9. The van der Waals surface area contributed by atoms with Gasteiger partial charge in [0.05, 0.1) is 16.1 Å². The van der Waals surface area contributed by atoms with Gasteiger partial charge in [0.2, 0.25) is 0 Å². The number of hydrogen-bond donors (Lipinski definition) is 2. The van der Waals surface area contributed by atoms with Crippen molar-refractivity contribution in [1.29, 1.82) is 0 Å². The van der Waals surface area contributed by atoms with Gasteiger partial charge in [-0.1, -0.05) is 39.3 Å². The zero-order valence-electron chi connectivity index (χ0n) is 11.3. The fraction of sp³-hybridized carbons (Fsp3) is 1.00. The maximum Gasteiger partial charge on any atom is 0.469 e. The summed E-state index contributed by atoms with van der Waals surface area (Å²) in [4.78, 5) is 15.1. The standard InChI is InChI=1S/C8H20F3O4PSi2/c1-17(2,3)8(7(9,10)11,18(4,5)6)15-16(12,13)14/h1-6H3,(H2,12,13,14). The molecule has 0 saturated heterocycles. The molecule has 0 aromatic heterocycles. The van der Waals surface area contributed by atoms with Crippen LogP contribution >= 0.6 is 7.82 Å². The van der Waals surface area contributed by atoms with Crippen LogP contribution in [0, 0.1) is 0 Å². The van der Waals surface area contributed by atoms with Crippen molar-refractivity contribution in [3.8, 4) is 0 Å². The molecule has 0 atom stereocenters. The van der Waals surface area contributed by atoms with Crippen molar-refractivity contribution in [2.24, 2.45) is 0 Å². The molecule has 0 heterocycles. The topological polar surface area (TPSA) is 66.8 Å². The van der Waals surface area contributed by atoms with E-state index in [0.29, 0.717) is 0 Å².